The Labute approximate surface area is 136 Å². The Morgan fingerprint density at radius 2 is 1.86 bits per heavy atom. The first-order valence-corrected chi connectivity index (χ1v) is 7.50. The highest BCUT2D eigenvalue weighted by atomic mass is 127. The molecule has 112 valence electrons. The molecule has 0 radical (unpaired) electrons. The van der Waals surface area contributed by atoms with E-state index in [1.807, 2.05) is 20.8 Å². The Morgan fingerprint density at radius 3 is 2.43 bits per heavy atom. The SMILES string of the molecule is CC(C)(C)c1nc(-c2cccc(C(F)F)c2)nc(N)c1I. The van der Waals surface area contributed by atoms with Crippen LogP contribution in [0.25, 0.3) is 11.4 Å². The molecule has 0 aliphatic heterocycles. The fourth-order valence-corrected chi connectivity index (χ4v) is 2.95. The van der Waals surface area contributed by atoms with Gasteiger partial charge in [0.15, 0.2) is 5.82 Å². The second-order valence-electron chi connectivity index (χ2n) is 5.77. The number of aromatic nitrogens is 2. The maximum atomic E-state index is 12.8. The van der Waals surface area contributed by atoms with Gasteiger partial charge in [0.1, 0.15) is 5.82 Å². The lowest BCUT2D eigenvalue weighted by Crippen LogP contribution is -2.18. The molecule has 0 aliphatic carbocycles. The molecule has 1 aromatic heterocycles. The van der Waals surface area contributed by atoms with Gasteiger partial charge in [0.05, 0.1) is 9.26 Å². The van der Waals surface area contributed by atoms with Gasteiger partial charge in [-0.15, -0.1) is 0 Å². The van der Waals surface area contributed by atoms with Crippen molar-refractivity contribution in [2.45, 2.75) is 32.6 Å². The van der Waals surface area contributed by atoms with Gasteiger partial charge < -0.3 is 5.73 Å². The van der Waals surface area contributed by atoms with E-state index < -0.39 is 6.43 Å². The fourth-order valence-electron chi connectivity index (χ4n) is 1.90. The molecule has 1 aromatic carbocycles. The first kappa shape index (κ1) is 16.1. The summed E-state index contributed by atoms with van der Waals surface area (Å²) < 4.78 is 26.4. The predicted molar refractivity (Wildman–Crippen MR) is 88.3 cm³/mol. The number of hydrogen-bond donors (Lipinski definition) is 1. The van der Waals surface area contributed by atoms with Crippen molar-refractivity contribution in [3.8, 4) is 11.4 Å². The van der Waals surface area contributed by atoms with Crippen molar-refractivity contribution < 1.29 is 8.78 Å². The number of nitrogens with two attached hydrogens (primary N) is 1. The molecule has 0 saturated carbocycles. The van der Waals surface area contributed by atoms with Crippen LogP contribution in [0.2, 0.25) is 0 Å². The molecule has 0 bridgehead atoms. The van der Waals surface area contributed by atoms with E-state index in [0.29, 0.717) is 17.2 Å². The minimum Gasteiger partial charge on any atom is -0.383 e. The van der Waals surface area contributed by atoms with Crippen LogP contribution in [-0.4, -0.2) is 9.97 Å². The van der Waals surface area contributed by atoms with E-state index in [0.717, 1.165) is 9.26 Å². The summed E-state index contributed by atoms with van der Waals surface area (Å²) in [5.74, 6) is 0.744. The van der Waals surface area contributed by atoms with E-state index in [-0.39, 0.29) is 11.0 Å². The Balaban J connectivity index is 2.60. The molecule has 2 aromatic rings. The zero-order valence-corrected chi connectivity index (χ0v) is 14.1. The van der Waals surface area contributed by atoms with Crippen LogP contribution in [0, 0.1) is 3.57 Å². The number of halogens is 3. The fraction of sp³-hybridized carbons (Fsp3) is 0.333. The lowest BCUT2D eigenvalue weighted by molar-refractivity contribution is 0.151. The highest BCUT2D eigenvalue weighted by Gasteiger charge is 2.23. The second kappa shape index (κ2) is 5.82. The minimum atomic E-state index is -2.52. The van der Waals surface area contributed by atoms with Crippen LogP contribution in [0.15, 0.2) is 24.3 Å². The number of alkyl halides is 2. The molecule has 6 heteroatoms. The van der Waals surface area contributed by atoms with Crippen molar-refractivity contribution in [3.63, 3.8) is 0 Å². The van der Waals surface area contributed by atoms with E-state index in [1.165, 1.54) is 12.1 Å². The van der Waals surface area contributed by atoms with Crippen LogP contribution in [0.5, 0.6) is 0 Å². The van der Waals surface area contributed by atoms with Crippen molar-refractivity contribution in [2.24, 2.45) is 0 Å². The van der Waals surface area contributed by atoms with Crippen LogP contribution in [-0.2, 0) is 5.41 Å². The summed E-state index contributed by atoms with van der Waals surface area (Å²) in [6.45, 7) is 6.07. The van der Waals surface area contributed by atoms with Crippen LogP contribution in [0.3, 0.4) is 0 Å². The molecule has 0 amide bonds. The summed E-state index contributed by atoms with van der Waals surface area (Å²) in [6, 6.07) is 6.07. The number of benzene rings is 1. The molecule has 0 fully saturated rings. The average Bonchev–Trinajstić information content (AvgIpc) is 2.40. The summed E-state index contributed by atoms with van der Waals surface area (Å²) in [7, 11) is 0. The zero-order chi connectivity index (χ0) is 15.8. The van der Waals surface area contributed by atoms with Gasteiger partial charge in [0, 0.05) is 16.5 Å². The summed E-state index contributed by atoms with van der Waals surface area (Å²) in [6.07, 6.45) is -2.52. The minimum absolute atomic E-state index is 0.0504. The number of hydrogen-bond acceptors (Lipinski definition) is 3. The molecule has 0 aliphatic rings. The van der Waals surface area contributed by atoms with E-state index >= 15 is 0 Å². The van der Waals surface area contributed by atoms with Crippen molar-refractivity contribution in [3.05, 3.63) is 39.1 Å². The molecular weight excluding hydrogens is 387 g/mol. The Bertz CT molecular complexity index is 666. The summed E-state index contributed by atoms with van der Waals surface area (Å²) in [5, 5.41) is 0. The van der Waals surface area contributed by atoms with Crippen molar-refractivity contribution in [1.29, 1.82) is 0 Å². The predicted octanol–water partition coefficient (Wildman–Crippen LogP) is 4.57. The van der Waals surface area contributed by atoms with E-state index in [4.69, 9.17) is 5.73 Å². The molecule has 0 unspecified atom stereocenters. The summed E-state index contributed by atoms with van der Waals surface area (Å²) in [4.78, 5) is 8.76. The third-order valence-corrected chi connectivity index (χ3v) is 4.05. The maximum absolute atomic E-state index is 12.8. The van der Waals surface area contributed by atoms with Gasteiger partial charge in [-0.05, 0) is 28.7 Å². The lowest BCUT2D eigenvalue weighted by Gasteiger charge is -2.21. The first-order valence-electron chi connectivity index (χ1n) is 6.42. The summed E-state index contributed by atoms with van der Waals surface area (Å²) in [5.41, 5.74) is 7.05. The third-order valence-electron chi connectivity index (χ3n) is 2.98. The lowest BCUT2D eigenvalue weighted by atomic mass is 9.91. The largest absolute Gasteiger partial charge is 0.383 e. The van der Waals surface area contributed by atoms with Gasteiger partial charge >= 0.3 is 0 Å². The molecule has 21 heavy (non-hydrogen) atoms. The van der Waals surface area contributed by atoms with Crippen LogP contribution in [0.4, 0.5) is 14.6 Å². The van der Waals surface area contributed by atoms with Crippen LogP contribution >= 0.6 is 22.6 Å². The van der Waals surface area contributed by atoms with Gasteiger partial charge in [-0.3, -0.25) is 0 Å². The molecule has 2 N–H and O–H groups in total. The zero-order valence-electron chi connectivity index (χ0n) is 12.0. The standard InChI is InChI=1S/C15H16F2IN3/c1-15(2,3)11-10(18)13(19)21-14(20-11)9-6-4-5-8(7-9)12(16)17/h4-7,12H,1-3H3,(H2,19,20,21). The highest BCUT2D eigenvalue weighted by Crippen LogP contribution is 2.31. The van der Waals surface area contributed by atoms with Crippen molar-refractivity contribution in [1.82, 2.24) is 9.97 Å². The maximum Gasteiger partial charge on any atom is 0.263 e. The van der Waals surface area contributed by atoms with Gasteiger partial charge in [0.2, 0.25) is 0 Å². The quantitative estimate of drug-likeness (QED) is 0.748. The Hall–Kier alpha value is -1.31. The number of anilines is 1. The van der Waals surface area contributed by atoms with Gasteiger partial charge in [0.25, 0.3) is 6.43 Å². The monoisotopic (exact) mass is 403 g/mol. The molecule has 0 saturated heterocycles. The van der Waals surface area contributed by atoms with Crippen LogP contribution < -0.4 is 5.73 Å². The number of rotatable bonds is 2. The topological polar surface area (TPSA) is 51.8 Å². The van der Waals surface area contributed by atoms with E-state index in [9.17, 15) is 8.78 Å². The van der Waals surface area contributed by atoms with Crippen molar-refractivity contribution in [2.75, 3.05) is 5.73 Å². The molecule has 0 spiro atoms. The molecule has 2 rings (SSSR count). The third kappa shape index (κ3) is 3.48. The normalized spacial score (nSPS) is 12.0. The Kier molecular flexibility index (Phi) is 4.46. The molecular formula is C15H16F2IN3. The van der Waals surface area contributed by atoms with Gasteiger partial charge in [-0.2, -0.15) is 0 Å². The average molecular weight is 403 g/mol. The second-order valence-corrected chi connectivity index (χ2v) is 6.85. The highest BCUT2D eigenvalue weighted by molar-refractivity contribution is 14.1. The molecule has 0 atom stereocenters. The summed E-state index contributed by atoms with van der Waals surface area (Å²) >= 11 is 2.11. The molecule has 1 heterocycles. The smallest absolute Gasteiger partial charge is 0.263 e. The van der Waals surface area contributed by atoms with E-state index in [2.05, 4.69) is 32.6 Å². The Morgan fingerprint density at radius 1 is 1.19 bits per heavy atom. The van der Waals surface area contributed by atoms with E-state index in [1.54, 1.807) is 12.1 Å². The van der Waals surface area contributed by atoms with Crippen LogP contribution in [0.1, 0.15) is 38.5 Å². The first-order chi connectivity index (χ1) is 9.70. The number of nitrogen functional groups attached to an aromatic ring is 1. The van der Waals surface area contributed by atoms with Crippen molar-refractivity contribution >= 4 is 28.4 Å². The van der Waals surface area contributed by atoms with Gasteiger partial charge in [-0.25, -0.2) is 18.7 Å². The molecule has 3 nitrogen and oxygen atoms in total. The number of nitrogens with zero attached hydrogens (tertiary/aromatic N) is 2. The van der Waals surface area contributed by atoms with Gasteiger partial charge in [-0.1, -0.05) is 39.0 Å².